The highest BCUT2D eigenvalue weighted by Gasteiger charge is 2.38. The van der Waals surface area contributed by atoms with Crippen molar-refractivity contribution >= 4 is 11.9 Å². The average Bonchev–Trinajstić information content (AvgIpc) is 2.89. The normalized spacial score (nSPS) is 19.8. The van der Waals surface area contributed by atoms with Crippen LogP contribution in [0.5, 0.6) is 11.5 Å². The van der Waals surface area contributed by atoms with E-state index in [4.69, 9.17) is 14.7 Å². The van der Waals surface area contributed by atoms with Gasteiger partial charge >= 0.3 is 0 Å². The van der Waals surface area contributed by atoms with E-state index in [0.717, 1.165) is 25.7 Å². The molecule has 1 aliphatic carbocycles. The van der Waals surface area contributed by atoms with E-state index in [2.05, 4.69) is 33.1 Å². The molecule has 3 N–H and O–H groups in total. The Bertz CT molecular complexity index is 1020. The smallest absolute Gasteiger partial charge is 0.258 e. The molecule has 0 spiro atoms. The molecule has 0 aromatic heterocycles. The van der Waals surface area contributed by atoms with E-state index in [1.165, 1.54) is 5.56 Å². The molecule has 3 rings (SSSR count). The SMILES string of the molecule is CCOc1cccc(OCC)c1C(=O)NCC1(c2ccccc2)CCC(NC(=NC)NC#N)CC1. The van der Waals surface area contributed by atoms with Crippen LogP contribution in [-0.4, -0.2) is 44.7 Å². The van der Waals surface area contributed by atoms with E-state index in [1.807, 2.05) is 44.3 Å². The summed E-state index contributed by atoms with van der Waals surface area (Å²) in [7, 11) is 1.65. The van der Waals surface area contributed by atoms with Gasteiger partial charge in [-0.15, -0.1) is 0 Å². The fourth-order valence-corrected chi connectivity index (χ4v) is 4.70. The van der Waals surface area contributed by atoms with Crippen LogP contribution in [0.15, 0.2) is 53.5 Å². The molecule has 2 aromatic rings. The van der Waals surface area contributed by atoms with Gasteiger partial charge in [0.15, 0.2) is 6.19 Å². The molecule has 0 radical (unpaired) electrons. The van der Waals surface area contributed by atoms with Gasteiger partial charge in [0.2, 0.25) is 5.96 Å². The summed E-state index contributed by atoms with van der Waals surface area (Å²) in [5.74, 6) is 1.32. The molecule has 0 heterocycles. The van der Waals surface area contributed by atoms with Crippen LogP contribution in [0.1, 0.15) is 55.5 Å². The Hall–Kier alpha value is -3.73. The highest BCUT2D eigenvalue weighted by atomic mass is 16.5. The van der Waals surface area contributed by atoms with Gasteiger partial charge in [-0.25, -0.2) is 0 Å². The van der Waals surface area contributed by atoms with Crippen LogP contribution >= 0.6 is 0 Å². The summed E-state index contributed by atoms with van der Waals surface area (Å²) < 4.78 is 11.5. The highest BCUT2D eigenvalue weighted by Crippen LogP contribution is 2.39. The number of rotatable bonds is 9. The van der Waals surface area contributed by atoms with E-state index in [0.29, 0.717) is 42.8 Å². The maximum absolute atomic E-state index is 13.4. The second-order valence-corrected chi connectivity index (χ2v) is 8.55. The van der Waals surface area contributed by atoms with E-state index in [-0.39, 0.29) is 17.4 Å². The van der Waals surface area contributed by atoms with Gasteiger partial charge in [-0.2, -0.15) is 5.26 Å². The molecule has 35 heavy (non-hydrogen) atoms. The Morgan fingerprint density at radius 3 is 2.23 bits per heavy atom. The lowest BCUT2D eigenvalue weighted by atomic mass is 9.68. The third kappa shape index (κ3) is 6.44. The van der Waals surface area contributed by atoms with Crippen molar-refractivity contribution in [3.8, 4) is 17.7 Å². The molecule has 0 aliphatic heterocycles. The number of nitriles is 1. The van der Waals surface area contributed by atoms with Crippen molar-refractivity contribution in [2.45, 2.75) is 51.0 Å². The molecule has 1 fully saturated rings. The van der Waals surface area contributed by atoms with E-state index in [1.54, 1.807) is 19.2 Å². The number of carbonyl (C=O) groups excluding carboxylic acids is 1. The van der Waals surface area contributed by atoms with Gasteiger partial charge in [-0.3, -0.25) is 15.1 Å². The summed E-state index contributed by atoms with van der Waals surface area (Å²) in [5.41, 5.74) is 1.44. The van der Waals surface area contributed by atoms with Crippen LogP contribution in [-0.2, 0) is 5.41 Å². The van der Waals surface area contributed by atoms with E-state index >= 15 is 0 Å². The maximum Gasteiger partial charge on any atom is 0.258 e. The number of nitrogens with zero attached hydrogens (tertiary/aromatic N) is 2. The van der Waals surface area contributed by atoms with E-state index < -0.39 is 0 Å². The number of amides is 1. The second-order valence-electron chi connectivity index (χ2n) is 8.55. The van der Waals surface area contributed by atoms with Gasteiger partial charge in [0.25, 0.3) is 5.91 Å². The standard InChI is InChI=1S/C27H35N5O3/c1-4-34-22-12-9-13-23(35-5-2)24(22)25(33)30-18-27(20-10-7-6-8-11-20)16-14-21(15-17-27)32-26(29-3)31-19-28/h6-13,21H,4-5,14-18H2,1-3H3,(H,30,33)(H2,29,31,32). The fourth-order valence-electron chi connectivity index (χ4n) is 4.70. The summed E-state index contributed by atoms with van der Waals surface area (Å²) in [5, 5.41) is 18.0. The van der Waals surface area contributed by atoms with Gasteiger partial charge in [0, 0.05) is 25.0 Å². The van der Waals surface area contributed by atoms with E-state index in [9.17, 15) is 4.79 Å². The van der Waals surface area contributed by atoms with Gasteiger partial charge in [0.1, 0.15) is 17.1 Å². The molecule has 2 aromatic carbocycles. The molecule has 8 heteroatoms. The summed E-state index contributed by atoms with van der Waals surface area (Å²) in [6.45, 7) is 5.21. The Morgan fingerprint density at radius 1 is 1.06 bits per heavy atom. The number of guanidine groups is 1. The minimum atomic E-state index is -0.202. The largest absolute Gasteiger partial charge is 0.493 e. The monoisotopic (exact) mass is 477 g/mol. The van der Waals surface area contributed by atoms with Gasteiger partial charge in [0.05, 0.1) is 13.2 Å². The van der Waals surface area contributed by atoms with Gasteiger partial charge in [-0.1, -0.05) is 36.4 Å². The number of hydrogen-bond donors (Lipinski definition) is 3. The quantitative estimate of drug-likeness (QED) is 0.220. The second kappa shape index (κ2) is 12.7. The zero-order valence-corrected chi connectivity index (χ0v) is 20.8. The third-order valence-electron chi connectivity index (χ3n) is 6.47. The third-order valence-corrected chi connectivity index (χ3v) is 6.47. The first kappa shape index (κ1) is 25.9. The number of nitrogens with one attached hydrogen (secondary N) is 3. The number of carbonyl (C=O) groups is 1. The maximum atomic E-state index is 13.4. The molecule has 0 atom stereocenters. The molecular formula is C27H35N5O3. The summed E-state index contributed by atoms with van der Waals surface area (Å²) in [4.78, 5) is 17.5. The first-order valence-corrected chi connectivity index (χ1v) is 12.2. The Kier molecular flexibility index (Phi) is 9.36. The van der Waals surface area contributed by atoms with Crippen LogP contribution in [0.2, 0.25) is 0 Å². The number of benzene rings is 2. The fraction of sp³-hybridized carbons (Fsp3) is 0.444. The minimum absolute atomic E-state index is 0.199. The van der Waals surface area contributed by atoms with Crippen LogP contribution in [0.25, 0.3) is 0 Å². The van der Waals surface area contributed by atoms with Crippen LogP contribution < -0.4 is 25.4 Å². The van der Waals surface area contributed by atoms with Crippen molar-refractivity contribution in [1.29, 1.82) is 5.26 Å². The topological polar surface area (TPSA) is 108 Å². The average molecular weight is 478 g/mol. The molecular weight excluding hydrogens is 442 g/mol. The van der Waals surface area contributed by atoms with Gasteiger partial charge < -0.3 is 20.1 Å². The first-order valence-electron chi connectivity index (χ1n) is 12.2. The Morgan fingerprint density at radius 2 is 1.69 bits per heavy atom. The predicted octanol–water partition coefficient (Wildman–Crippen LogP) is 3.74. The van der Waals surface area contributed by atoms with Crippen LogP contribution in [0.3, 0.4) is 0 Å². The first-order chi connectivity index (χ1) is 17.1. The molecule has 1 saturated carbocycles. The van der Waals surface area contributed by atoms with Gasteiger partial charge in [-0.05, 0) is 57.2 Å². The lowest BCUT2D eigenvalue weighted by Crippen LogP contribution is -2.49. The molecule has 8 nitrogen and oxygen atoms in total. The zero-order chi connectivity index (χ0) is 25.1. The molecule has 1 amide bonds. The van der Waals surface area contributed by atoms with Crippen molar-refractivity contribution in [2.75, 3.05) is 26.8 Å². The van der Waals surface area contributed by atoms with Crippen LogP contribution in [0.4, 0.5) is 0 Å². The molecule has 1 aliphatic rings. The van der Waals surface area contributed by atoms with Crippen molar-refractivity contribution in [1.82, 2.24) is 16.0 Å². The van der Waals surface area contributed by atoms with Crippen molar-refractivity contribution in [2.24, 2.45) is 4.99 Å². The van der Waals surface area contributed by atoms with Crippen molar-refractivity contribution in [3.63, 3.8) is 0 Å². The lowest BCUT2D eigenvalue weighted by Gasteiger charge is -2.41. The molecule has 186 valence electrons. The molecule has 0 unspecified atom stereocenters. The number of hydrogen-bond acceptors (Lipinski definition) is 5. The zero-order valence-electron chi connectivity index (χ0n) is 20.8. The Labute approximate surface area is 207 Å². The predicted molar refractivity (Wildman–Crippen MR) is 137 cm³/mol. The molecule has 0 saturated heterocycles. The summed E-state index contributed by atoms with van der Waals surface area (Å²) in [6.07, 6.45) is 5.44. The number of ether oxygens (including phenoxy) is 2. The summed E-state index contributed by atoms with van der Waals surface area (Å²) >= 11 is 0. The van der Waals surface area contributed by atoms with Crippen LogP contribution in [0, 0.1) is 11.5 Å². The van der Waals surface area contributed by atoms with Crippen molar-refractivity contribution in [3.05, 3.63) is 59.7 Å². The van der Waals surface area contributed by atoms with Crippen molar-refractivity contribution < 1.29 is 14.3 Å². The highest BCUT2D eigenvalue weighted by molar-refractivity contribution is 5.99. The lowest BCUT2D eigenvalue weighted by molar-refractivity contribution is 0.0927. The number of aliphatic imine (C=N–C) groups is 1. The summed E-state index contributed by atoms with van der Waals surface area (Å²) in [6, 6.07) is 16.0. The Balaban J connectivity index is 1.79. The minimum Gasteiger partial charge on any atom is -0.493 e. The molecule has 0 bridgehead atoms.